The van der Waals surface area contributed by atoms with Crippen molar-refractivity contribution in [3.63, 3.8) is 0 Å². The summed E-state index contributed by atoms with van der Waals surface area (Å²) in [6.07, 6.45) is 5.71. The Labute approximate surface area is 185 Å². The maximum absolute atomic E-state index is 13.4. The molecule has 1 aliphatic carbocycles. The fourth-order valence-electron chi connectivity index (χ4n) is 4.47. The third-order valence-corrected chi connectivity index (χ3v) is 6.43. The predicted octanol–water partition coefficient (Wildman–Crippen LogP) is 5.78. The van der Waals surface area contributed by atoms with Crippen LogP contribution in [0.25, 0.3) is 0 Å². The standard InChI is InChI=1S/C26H35FN2O2/c1-3-29(4-2)19-8-20-31-24-15-13-23(14-16-24)28-25(30)26(17-6-5-7-18-26)21-9-11-22(27)12-10-21/h9-16H,3-8,17-20H2,1-2H3,(H,28,30). The van der Waals surface area contributed by atoms with Crippen LogP contribution in [0.15, 0.2) is 48.5 Å². The van der Waals surface area contributed by atoms with E-state index in [1.807, 2.05) is 24.3 Å². The Hall–Kier alpha value is -2.40. The Morgan fingerprint density at radius 3 is 2.26 bits per heavy atom. The highest BCUT2D eigenvalue weighted by atomic mass is 19.1. The zero-order chi connectivity index (χ0) is 22.1. The van der Waals surface area contributed by atoms with E-state index in [9.17, 15) is 9.18 Å². The SMILES string of the molecule is CCN(CC)CCCOc1ccc(NC(=O)C2(c3ccc(F)cc3)CCCCC2)cc1. The predicted molar refractivity (Wildman–Crippen MR) is 124 cm³/mol. The highest BCUT2D eigenvalue weighted by molar-refractivity contribution is 5.99. The van der Waals surface area contributed by atoms with Crippen LogP contribution in [0, 0.1) is 5.82 Å². The number of carbonyl (C=O) groups excluding carboxylic acids is 1. The highest BCUT2D eigenvalue weighted by Crippen LogP contribution is 2.40. The first-order valence-electron chi connectivity index (χ1n) is 11.6. The van der Waals surface area contributed by atoms with Gasteiger partial charge in [-0.05, 0) is 74.3 Å². The molecule has 4 nitrogen and oxygen atoms in total. The molecule has 2 aromatic rings. The normalized spacial score (nSPS) is 15.6. The molecule has 3 rings (SSSR count). The summed E-state index contributed by atoms with van der Waals surface area (Å²) in [7, 11) is 0. The maximum atomic E-state index is 13.4. The Kier molecular flexibility index (Phi) is 8.47. The molecule has 0 heterocycles. The number of anilines is 1. The van der Waals surface area contributed by atoms with E-state index in [0.717, 1.165) is 75.2 Å². The number of carbonyl (C=O) groups is 1. The van der Waals surface area contributed by atoms with Crippen LogP contribution in [0.4, 0.5) is 10.1 Å². The molecule has 1 saturated carbocycles. The number of rotatable bonds is 10. The Bertz CT molecular complexity index is 810. The first-order chi connectivity index (χ1) is 15.1. The summed E-state index contributed by atoms with van der Waals surface area (Å²) in [4.78, 5) is 15.7. The molecule has 1 N–H and O–H groups in total. The van der Waals surface area contributed by atoms with Gasteiger partial charge in [0.25, 0.3) is 0 Å². The minimum absolute atomic E-state index is 0.00769. The van der Waals surface area contributed by atoms with E-state index in [-0.39, 0.29) is 11.7 Å². The molecule has 0 aliphatic heterocycles. The van der Waals surface area contributed by atoms with Crippen molar-refractivity contribution in [1.29, 1.82) is 0 Å². The van der Waals surface area contributed by atoms with Crippen LogP contribution in [0.5, 0.6) is 5.75 Å². The maximum Gasteiger partial charge on any atom is 0.235 e. The van der Waals surface area contributed by atoms with Crippen molar-refractivity contribution in [3.05, 3.63) is 59.9 Å². The van der Waals surface area contributed by atoms with E-state index in [1.165, 1.54) is 12.1 Å². The van der Waals surface area contributed by atoms with Crippen molar-refractivity contribution < 1.29 is 13.9 Å². The van der Waals surface area contributed by atoms with E-state index in [0.29, 0.717) is 6.61 Å². The van der Waals surface area contributed by atoms with E-state index < -0.39 is 5.41 Å². The first-order valence-corrected chi connectivity index (χ1v) is 11.6. The highest BCUT2D eigenvalue weighted by Gasteiger charge is 2.41. The van der Waals surface area contributed by atoms with Gasteiger partial charge in [-0.1, -0.05) is 45.2 Å². The summed E-state index contributed by atoms with van der Waals surface area (Å²) in [5.41, 5.74) is 1.07. The first kappa shape index (κ1) is 23.3. The van der Waals surface area contributed by atoms with E-state index in [4.69, 9.17) is 4.74 Å². The summed E-state index contributed by atoms with van der Waals surface area (Å²) in [5, 5.41) is 3.10. The topological polar surface area (TPSA) is 41.6 Å². The van der Waals surface area contributed by atoms with E-state index >= 15 is 0 Å². The molecule has 0 saturated heterocycles. The van der Waals surface area contributed by atoms with Crippen LogP contribution in [0.3, 0.4) is 0 Å². The monoisotopic (exact) mass is 426 g/mol. The lowest BCUT2D eigenvalue weighted by Gasteiger charge is -2.36. The summed E-state index contributed by atoms with van der Waals surface area (Å²) in [6, 6.07) is 14.0. The van der Waals surface area contributed by atoms with Crippen molar-refractivity contribution in [1.82, 2.24) is 4.90 Å². The summed E-state index contributed by atoms with van der Waals surface area (Å²) >= 11 is 0. The van der Waals surface area contributed by atoms with Gasteiger partial charge in [0, 0.05) is 12.2 Å². The van der Waals surface area contributed by atoms with Gasteiger partial charge < -0.3 is 15.0 Å². The number of nitrogens with one attached hydrogen (secondary N) is 1. The number of nitrogens with zero attached hydrogens (tertiary/aromatic N) is 1. The largest absolute Gasteiger partial charge is 0.494 e. The number of hydrogen-bond donors (Lipinski definition) is 1. The summed E-state index contributed by atoms with van der Waals surface area (Å²) < 4.78 is 19.3. The molecular weight excluding hydrogens is 391 g/mol. The zero-order valence-corrected chi connectivity index (χ0v) is 18.8. The van der Waals surface area contributed by atoms with Gasteiger partial charge in [0.05, 0.1) is 12.0 Å². The van der Waals surface area contributed by atoms with Crippen LogP contribution in [-0.2, 0) is 10.2 Å². The van der Waals surface area contributed by atoms with Gasteiger partial charge in [0.15, 0.2) is 0 Å². The van der Waals surface area contributed by atoms with Crippen molar-refractivity contribution in [2.45, 2.75) is 57.8 Å². The average molecular weight is 427 g/mol. The molecule has 1 amide bonds. The van der Waals surface area contributed by atoms with Crippen LogP contribution in [0.2, 0.25) is 0 Å². The van der Waals surface area contributed by atoms with Gasteiger partial charge in [0.1, 0.15) is 11.6 Å². The summed E-state index contributed by atoms with van der Waals surface area (Å²) in [6.45, 7) is 8.17. The molecule has 0 aromatic heterocycles. The van der Waals surface area contributed by atoms with Crippen molar-refractivity contribution >= 4 is 11.6 Å². The number of benzene rings is 2. The van der Waals surface area contributed by atoms with Crippen molar-refractivity contribution in [3.8, 4) is 5.75 Å². The molecule has 0 spiro atoms. The quantitative estimate of drug-likeness (QED) is 0.490. The molecule has 0 radical (unpaired) electrons. The number of ether oxygens (including phenoxy) is 1. The summed E-state index contributed by atoms with van der Waals surface area (Å²) in [5.74, 6) is 0.526. The Morgan fingerprint density at radius 1 is 1.00 bits per heavy atom. The minimum atomic E-state index is -0.592. The fourth-order valence-corrected chi connectivity index (χ4v) is 4.47. The fraction of sp³-hybridized carbons (Fsp3) is 0.500. The number of hydrogen-bond acceptors (Lipinski definition) is 3. The smallest absolute Gasteiger partial charge is 0.235 e. The molecule has 168 valence electrons. The Morgan fingerprint density at radius 2 is 1.65 bits per heavy atom. The van der Waals surface area contributed by atoms with Crippen LogP contribution in [0.1, 0.15) is 57.9 Å². The lowest BCUT2D eigenvalue weighted by molar-refractivity contribution is -0.122. The van der Waals surface area contributed by atoms with Gasteiger partial charge in [-0.15, -0.1) is 0 Å². The van der Waals surface area contributed by atoms with Gasteiger partial charge in [0.2, 0.25) is 5.91 Å². The molecule has 0 bridgehead atoms. The van der Waals surface area contributed by atoms with Crippen molar-refractivity contribution in [2.75, 3.05) is 31.6 Å². The minimum Gasteiger partial charge on any atom is -0.494 e. The number of amides is 1. The molecule has 31 heavy (non-hydrogen) atoms. The van der Waals surface area contributed by atoms with Gasteiger partial charge in [-0.25, -0.2) is 4.39 Å². The lowest BCUT2D eigenvalue weighted by atomic mass is 9.68. The molecule has 0 unspecified atom stereocenters. The third kappa shape index (κ3) is 6.07. The van der Waals surface area contributed by atoms with Crippen LogP contribution >= 0.6 is 0 Å². The van der Waals surface area contributed by atoms with Crippen molar-refractivity contribution in [2.24, 2.45) is 0 Å². The second kappa shape index (κ2) is 11.3. The lowest BCUT2D eigenvalue weighted by Crippen LogP contribution is -2.42. The van der Waals surface area contributed by atoms with Crippen LogP contribution in [-0.4, -0.2) is 37.0 Å². The van der Waals surface area contributed by atoms with Gasteiger partial charge >= 0.3 is 0 Å². The average Bonchev–Trinajstić information content (AvgIpc) is 2.81. The van der Waals surface area contributed by atoms with E-state index in [1.54, 1.807) is 12.1 Å². The van der Waals surface area contributed by atoms with Crippen LogP contribution < -0.4 is 10.1 Å². The third-order valence-electron chi connectivity index (χ3n) is 6.43. The van der Waals surface area contributed by atoms with Gasteiger partial charge in [-0.2, -0.15) is 0 Å². The second-order valence-corrected chi connectivity index (χ2v) is 8.36. The Balaban J connectivity index is 1.60. The second-order valence-electron chi connectivity index (χ2n) is 8.36. The zero-order valence-electron chi connectivity index (χ0n) is 18.8. The van der Waals surface area contributed by atoms with Gasteiger partial charge in [-0.3, -0.25) is 4.79 Å². The molecule has 0 atom stereocenters. The molecular formula is C26H35FN2O2. The number of halogens is 1. The molecule has 1 aliphatic rings. The molecule has 5 heteroatoms. The van der Waals surface area contributed by atoms with E-state index in [2.05, 4.69) is 24.1 Å². The molecule has 1 fully saturated rings. The molecule has 2 aromatic carbocycles.